The van der Waals surface area contributed by atoms with Gasteiger partial charge in [-0.25, -0.2) is 24.4 Å². The van der Waals surface area contributed by atoms with Crippen LogP contribution in [-0.4, -0.2) is 116 Å². The van der Waals surface area contributed by atoms with Crippen LogP contribution in [0.2, 0.25) is 0 Å². The standard InChI is InChI=1S/C26H26Br2N4O5.C20H16Br2N4O2.C6H11ClO3.C3H4Cl2O2.C3H8O/c1-14(2)35-26(34)37-16(4)36-23(33)9-8-21-25-30-13-15(3)32(25)22-12-19(28)18(27)11-17(22)24(31-21)20-7-5-6-10-29-20;1-11-10-24-20-16(5-6-18(27)28)25-19(15-4-2-3-7-23-15)12-8-13(21)14(22)9-17(12)26(11)20;1-4(2)9-6(8)10-5(3)7;1-2(4)7-3(5)6;1-3(2)4/h5-7,10-14,16,21H,8-9H2,1-4H3;2-4,7-10,16H,5-6H2,1H3,(H,27,28);4-5H,1-3H3;2H,1H3;3-4H,1-2H3/t16?,21-;16-;;;/m00.../s1. The van der Waals surface area contributed by atoms with Gasteiger partial charge >= 0.3 is 29.7 Å². The highest BCUT2D eigenvalue weighted by Gasteiger charge is 2.31. The van der Waals surface area contributed by atoms with Crippen molar-refractivity contribution in [2.45, 2.75) is 150 Å². The van der Waals surface area contributed by atoms with Gasteiger partial charge in [0.1, 0.15) is 23.7 Å². The molecule has 0 radical (unpaired) electrons. The fourth-order valence-electron chi connectivity index (χ4n) is 7.82. The minimum atomic E-state index is -1.08. The van der Waals surface area contributed by atoms with Gasteiger partial charge in [0.2, 0.25) is 6.29 Å². The number of aliphatic carboxylic acids is 1. The normalized spacial score (nSPS) is 14.5. The average Bonchev–Trinajstić information content (AvgIpc) is 2.50. The van der Waals surface area contributed by atoms with Gasteiger partial charge in [0.25, 0.3) is 0 Å². The van der Waals surface area contributed by atoms with Crippen LogP contribution in [0.1, 0.15) is 146 Å². The summed E-state index contributed by atoms with van der Waals surface area (Å²) in [6.07, 6.45) is 4.40. The number of pyridine rings is 2. The highest BCUT2D eigenvalue weighted by Crippen LogP contribution is 2.39. The molecule has 86 heavy (non-hydrogen) atoms. The lowest BCUT2D eigenvalue weighted by atomic mass is 10.0. The number of esters is 1. The molecule has 0 amide bonds. The van der Waals surface area contributed by atoms with Crippen molar-refractivity contribution in [3.8, 4) is 11.4 Å². The van der Waals surface area contributed by atoms with E-state index in [0.717, 1.165) is 69.0 Å². The van der Waals surface area contributed by atoms with Gasteiger partial charge in [-0.15, -0.1) is 0 Å². The number of carbonyl (C=O) groups is 5. The number of aliphatic imine (C=N–C) groups is 2. The van der Waals surface area contributed by atoms with Gasteiger partial charge in [-0.05, 0) is 194 Å². The summed E-state index contributed by atoms with van der Waals surface area (Å²) in [7, 11) is 0. The summed E-state index contributed by atoms with van der Waals surface area (Å²) in [6.45, 7) is 18.8. The summed E-state index contributed by atoms with van der Waals surface area (Å²) >= 11 is 29.6. The number of carboxylic acids is 1. The van der Waals surface area contributed by atoms with Crippen molar-refractivity contribution in [2.24, 2.45) is 9.98 Å². The fraction of sp³-hybridized carbons (Fsp3) is 0.397. The zero-order valence-electron chi connectivity index (χ0n) is 48.6. The molecular formula is C58H65Br4Cl3N8O13. The number of carboxylic acid groups (broad SMARTS) is 1. The van der Waals surface area contributed by atoms with Gasteiger partial charge in [0, 0.05) is 103 Å². The number of aryl methyl sites for hydroxylation is 2. The van der Waals surface area contributed by atoms with Gasteiger partial charge in [-0.3, -0.25) is 38.7 Å². The first-order valence-electron chi connectivity index (χ1n) is 26.5. The van der Waals surface area contributed by atoms with Crippen LogP contribution in [0.15, 0.2) is 113 Å². The van der Waals surface area contributed by atoms with E-state index in [1.165, 1.54) is 13.8 Å². The van der Waals surface area contributed by atoms with Gasteiger partial charge in [-0.2, -0.15) is 0 Å². The lowest BCUT2D eigenvalue weighted by Crippen LogP contribution is -2.24. The maximum absolute atomic E-state index is 12.6. The number of benzene rings is 2. The lowest BCUT2D eigenvalue weighted by Gasteiger charge is -2.16. The number of rotatable bonds is 14. The van der Waals surface area contributed by atoms with E-state index >= 15 is 0 Å². The quantitative estimate of drug-likeness (QED) is 0.0337. The van der Waals surface area contributed by atoms with E-state index in [9.17, 15) is 29.1 Å². The minimum Gasteiger partial charge on any atom is -0.481 e. The van der Waals surface area contributed by atoms with Gasteiger partial charge in [0.05, 0.1) is 46.4 Å². The van der Waals surface area contributed by atoms with E-state index in [-0.39, 0.29) is 37.2 Å². The second-order valence-electron chi connectivity index (χ2n) is 19.3. The van der Waals surface area contributed by atoms with Crippen molar-refractivity contribution >= 4 is 140 Å². The summed E-state index contributed by atoms with van der Waals surface area (Å²) in [6, 6.07) is 18.6. The molecule has 2 aromatic carbocycles. The number of aliphatic hydroxyl groups excluding tert-OH is 1. The molecule has 0 bridgehead atoms. The molecule has 2 N–H and O–H groups in total. The molecule has 2 aliphatic rings. The van der Waals surface area contributed by atoms with Crippen molar-refractivity contribution in [3.63, 3.8) is 0 Å². The first-order chi connectivity index (χ1) is 40.5. The third-order valence-electron chi connectivity index (χ3n) is 11.0. The summed E-state index contributed by atoms with van der Waals surface area (Å²) in [4.78, 5) is 84.0. The van der Waals surface area contributed by atoms with Crippen molar-refractivity contribution in [1.82, 2.24) is 29.1 Å². The smallest absolute Gasteiger partial charge is 0.481 e. The van der Waals surface area contributed by atoms with Gasteiger partial charge in [0.15, 0.2) is 11.1 Å². The van der Waals surface area contributed by atoms with Crippen molar-refractivity contribution < 1.29 is 62.6 Å². The number of nitrogens with zero attached hydrogens (tertiary/aromatic N) is 8. The summed E-state index contributed by atoms with van der Waals surface area (Å²) in [5, 5.41) is 17.3. The third kappa shape index (κ3) is 23.0. The van der Waals surface area contributed by atoms with Crippen molar-refractivity contribution in [3.05, 3.63) is 149 Å². The predicted molar refractivity (Wildman–Crippen MR) is 340 cm³/mol. The zero-order valence-corrected chi connectivity index (χ0v) is 57.3. The number of hydrogen-bond donors (Lipinski definition) is 2. The second kappa shape index (κ2) is 35.3. The number of aliphatic hydroxyl groups is 1. The van der Waals surface area contributed by atoms with Crippen LogP contribution in [0.3, 0.4) is 0 Å². The fourth-order valence-corrected chi connectivity index (χ4v) is 9.50. The number of hydrogen-bond acceptors (Lipinski definition) is 18. The zero-order chi connectivity index (χ0) is 64.1. The molecule has 28 heteroatoms. The van der Waals surface area contributed by atoms with Crippen LogP contribution in [0, 0.1) is 13.8 Å². The Bertz CT molecular complexity index is 3320. The minimum absolute atomic E-state index is 0.0132. The third-order valence-corrected chi connectivity index (χ3v) is 14.9. The number of aromatic nitrogens is 6. The van der Waals surface area contributed by atoms with Crippen LogP contribution in [0.4, 0.5) is 14.4 Å². The number of alkyl halides is 2. The number of ether oxygens (including phenoxy) is 6. The largest absolute Gasteiger partial charge is 0.511 e. The Hall–Kier alpha value is -5.80. The Morgan fingerprint density at radius 1 is 0.570 bits per heavy atom. The Kier molecular flexibility index (Phi) is 29.8. The Morgan fingerprint density at radius 3 is 1.31 bits per heavy atom. The monoisotopic (exact) mass is 1500 g/mol. The molecular weight excluding hydrogens is 1440 g/mol. The predicted octanol–water partition coefficient (Wildman–Crippen LogP) is 15.5. The van der Waals surface area contributed by atoms with Crippen LogP contribution in [0.5, 0.6) is 0 Å². The van der Waals surface area contributed by atoms with E-state index in [1.54, 1.807) is 73.3 Å². The molecule has 0 saturated carbocycles. The van der Waals surface area contributed by atoms with Gasteiger partial charge in [-0.1, -0.05) is 35.3 Å². The molecule has 21 nitrogen and oxygen atoms in total. The number of carbonyl (C=O) groups excluding carboxylic acids is 4. The molecule has 8 rings (SSSR count). The van der Waals surface area contributed by atoms with Crippen LogP contribution in [-0.2, 0) is 38.0 Å². The van der Waals surface area contributed by atoms with Crippen LogP contribution in [0.25, 0.3) is 11.4 Å². The highest BCUT2D eigenvalue weighted by molar-refractivity contribution is 9.13. The van der Waals surface area contributed by atoms with Crippen molar-refractivity contribution in [1.29, 1.82) is 0 Å². The maximum Gasteiger partial charge on any atom is 0.511 e. The molecule has 5 atom stereocenters. The number of imidazole rings is 2. The van der Waals surface area contributed by atoms with Gasteiger partial charge < -0.3 is 38.6 Å². The number of halogens is 7. The molecule has 0 fully saturated rings. The average molecular weight is 1510 g/mol. The SMILES string of the molecule is CC(C)O.CC(C)OC(=O)OC(C)Cl.CC(Cl)OC(=O)Cl.Cc1cnc2n1-c1cc(Br)c(Br)cc1C(c1ccccn1)=N[C@H]2CCC(=O)O.Cc1cnc2n1-c1cc(Br)c(Br)cc1C(c1ccccn1)=N[C@H]2CCC(=O)OC(C)OC(=O)OC(C)C. The highest BCUT2D eigenvalue weighted by atomic mass is 79.9. The van der Waals surface area contributed by atoms with Crippen molar-refractivity contribution in [2.75, 3.05) is 0 Å². The van der Waals surface area contributed by atoms with E-state index in [2.05, 4.69) is 107 Å². The van der Waals surface area contributed by atoms with Crippen LogP contribution >= 0.6 is 98.5 Å². The van der Waals surface area contributed by atoms with Crippen LogP contribution < -0.4 is 0 Å². The molecule has 4 aromatic heterocycles. The lowest BCUT2D eigenvalue weighted by molar-refractivity contribution is -0.168. The van der Waals surface area contributed by atoms with E-state index in [0.29, 0.717) is 30.1 Å². The summed E-state index contributed by atoms with van der Waals surface area (Å²) in [5.74, 6) is 0.0647. The van der Waals surface area contributed by atoms with E-state index in [4.69, 9.17) is 64.1 Å². The first-order valence-corrected chi connectivity index (χ1v) is 30.9. The Morgan fingerprint density at radius 2 is 0.965 bits per heavy atom. The summed E-state index contributed by atoms with van der Waals surface area (Å²) < 4.78 is 36.1. The molecule has 464 valence electrons. The molecule has 6 heterocycles. The first kappa shape index (κ1) is 72.7. The topological polar surface area (TPSA) is 267 Å². The number of fused-ring (bicyclic) bond motifs is 6. The van der Waals surface area contributed by atoms with E-state index < -0.39 is 53.1 Å². The Labute approximate surface area is 547 Å². The van der Waals surface area contributed by atoms with E-state index in [1.807, 2.05) is 74.5 Å². The molecule has 0 spiro atoms. The molecule has 0 aliphatic carbocycles. The molecule has 2 aliphatic heterocycles. The Balaban J connectivity index is 0.000000282. The maximum atomic E-state index is 12.6. The molecule has 3 unspecified atom stereocenters. The second-order valence-corrected chi connectivity index (χ2v) is 24.3. The summed E-state index contributed by atoms with van der Waals surface area (Å²) in [5.41, 5.74) is 6.25. The molecule has 0 saturated heterocycles. The molecule has 6 aromatic rings.